The molecule has 2 aromatic rings. The summed E-state index contributed by atoms with van der Waals surface area (Å²) in [7, 11) is 0. The van der Waals surface area contributed by atoms with Crippen LogP contribution in [0.1, 0.15) is 55.9 Å². The lowest BCUT2D eigenvalue weighted by molar-refractivity contribution is 0.0917. The zero-order valence-corrected chi connectivity index (χ0v) is 14.3. The van der Waals surface area contributed by atoms with Gasteiger partial charge >= 0.3 is 0 Å². The average molecular weight is 348 g/mol. The van der Waals surface area contributed by atoms with Crippen molar-refractivity contribution in [2.75, 3.05) is 0 Å². The first-order valence-electron chi connectivity index (χ1n) is 8.84. The third-order valence-corrected chi connectivity index (χ3v) is 4.77. The Kier molecular flexibility index (Phi) is 5.16. The maximum Gasteiger partial charge on any atom is 0.268 e. The molecule has 6 heteroatoms. The molecule has 0 aliphatic heterocycles. The van der Waals surface area contributed by atoms with E-state index in [-0.39, 0.29) is 28.4 Å². The molecule has 4 nitrogen and oxygen atoms in total. The number of hydrogen-bond donors (Lipinski definition) is 1. The number of nitrogens with one attached hydrogen (secondary N) is 1. The van der Waals surface area contributed by atoms with Gasteiger partial charge in [-0.15, -0.1) is 0 Å². The van der Waals surface area contributed by atoms with Crippen LogP contribution in [0.3, 0.4) is 0 Å². The van der Waals surface area contributed by atoms with Crippen LogP contribution in [-0.2, 0) is 6.54 Å². The van der Waals surface area contributed by atoms with Crippen LogP contribution in [0.2, 0.25) is 0 Å². The van der Waals surface area contributed by atoms with E-state index in [4.69, 9.17) is 0 Å². The molecule has 1 heterocycles. The normalized spacial score (nSPS) is 15.5. The average Bonchev–Trinajstić information content (AvgIpc) is 2.60. The summed E-state index contributed by atoms with van der Waals surface area (Å²) in [6.07, 6.45) is 5.84. The second kappa shape index (κ2) is 7.33. The Morgan fingerprint density at radius 3 is 2.52 bits per heavy atom. The molecule has 134 valence electrons. The van der Waals surface area contributed by atoms with Gasteiger partial charge in [0, 0.05) is 12.6 Å². The zero-order chi connectivity index (χ0) is 18.0. The Morgan fingerprint density at radius 1 is 1.16 bits per heavy atom. The summed E-state index contributed by atoms with van der Waals surface area (Å²) < 4.78 is 28.4. The Bertz CT molecular complexity index is 855. The summed E-state index contributed by atoms with van der Waals surface area (Å²) in [6.45, 7) is 2.24. The van der Waals surface area contributed by atoms with Gasteiger partial charge in [-0.25, -0.2) is 8.78 Å². The van der Waals surface area contributed by atoms with Crippen molar-refractivity contribution >= 4 is 16.7 Å². The molecule has 0 unspecified atom stereocenters. The minimum absolute atomic E-state index is 0.0848. The fraction of sp³-hybridized carbons (Fsp3) is 0.474. The van der Waals surface area contributed by atoms with Crippen molar-refractivity contribution in [3.8, 4) is 0 Å². The molecule has 1 amide bonds. The molecule has 1 saturated carbocycles. The van der Waals surface area contributed by atoms with E-state index in [1.54, 1.807) is 0 Å². The standard InChI is InChI=1S/C19H22F2N2O2/c1-2-8-23-17(18(24)22-13-6-4-3-5-7-13)10-12-9-15(20)16(21)11-14(12)19(23)25/h9-11,13H,2-8H2,1H3,(H,22,24). The second-order valence-electron chi connectivity index (χ2n) is 6.65. The minimum atomic E-state index is -1.06. The molecule has 0 atom stereocenters. The number of aromatic nitrogens is 1. The number of pyridine rings is 1. The van der Waals surface area contributed by atoms with E-state index < -0.39 is 17.2 Å². The molecule has 3 rings (SSSR count). The van der Waals surface area contributed by atoms with Crippen LogP contribution in [-0.4, -0.2) is 16.5 Å². The first-order chi connectivity index (χ1) is 12.0. The summed E-state index contributed by atoms with van der Waals surface area (Å²) in [5.74, 6) is -2.42. The number of fused-ring (bicyclic) bond motifs is 1. The van der Waals surface area contributed by atoms with Crippen LogP contribution in [0.25, 0.3) is 10.8 Å². The van der Waals surface area contributed by atoms with Gasteiger partial charge < -0.3 is 9.88 Å². The molecule has 1 fully saturated rings. The van der Waals surface area contributed by atoms with Gasteiger partial charge in [-0.3, -0.25) is 9.59 Å². The number of rotatable bonds is 4. The lowest BCUT2D eigenvalue weighted by Gasteiger charge is -2.23. The maximum absolute atomic E-state index is 13.6. The molecular formula is C19H22F2N2O2. The number of amides is 1. The van der Waals surface area contributed by atoms with E-state index in [1.807, 2.05) is 6.92 Å². The van der Waals surface area contributed by atoms with Crippen molar-refractivity contribution < 1.29 is 13.6 Å². The van der Waals surface area contributed by atoms with Crippen LogP contribution in [0.5, 0.6) is 0 Å². The largest absolute Gasteiger partial charge is 0.348 e. The molecule has 1 aliphatic carbocycles. The molecule has 1 aliphatic rings. The molecule has 0 bridgehead atoms. The van der Waals surface area contributed by atoms with Crippen molar-refractivity contribution in [2.24, 2.45) is 0 Å². The fourth-order valence-corrected chi connectivity index (χ4v) is 3.49. The van der Waals surface area contributed by atoms with Gasteiger partial charge in [0.25, 0.3) is 11.5 Å². The van der Waals surface area contributed by atoms with Gasteiger partial charge in [-0.05, 0) is 42.8 Å². The van der Waals surface area contributed by atoms with Crippen molar-refractivity contribution in [1.82, 2.24) is 9.88 Å². The van der Waals surface area contributed by atoms with Gasteiger partial charge in [0.1, 0.15) is 5.69 Å². The SMILES string of the molecule is CCCn1c(C(=O)NC2CCCCC2)cc2cc(F)c(F)cc2c1=O. The van der Waals surface area contributed by atoms with E-state index in [1.165, 1.54) is 17.1 Å². The summed E-state index contributed by atoms with van der Waals surface area (Å²) in [5, 5.41) is 3.31. The van der Waals surface area contributed by atoms with E-state index >= 15 is 0 Å². The molecular weight excluding hydrogens is 326 g/mol. The Labute approximate surface area is 144 Å². The lowest BCUT2D eigenvalue weighted by atomic mass is 9.95. The second-order valence-corrected chi connectivity index (χ2v) is 6.65. The summed E-state index contributed by atoms with van der Waals surface area (Å²) in [5.41, 5.74) is -0.261. The highest BCUT2D eigenvalue weighted by molar-refractivity contribution is 5.96. The highest BCUT2D eigenvalue weighted by atomic mass is 19.2. The first-order valence-corrected chi connectivity index (χ1v) is 8.84. The molecule has 0 radical (unpaired) electrons. The Morgan fingerprint density at radius 2 is 1.84 bits per heavy atom. The Balaban J connectivity index is 2.05. The Hall–Kier alpha value is -2.24. The van der Waals surface area contributed by atoms with Gasteiger partial charge in [0.15, 0.2) is 11.6 Å². The quantitative estimate of drug-likeness (QED) is 0.915. The van der Waals surface area contributed by atoms with Crippen molar-refractivity contribution in [3.05, 3.63) is 45.9 Å². The monoisotopic (exact) mass is 348 g/mol. The summed E-state index contributed by atoms with van der Waals surface area (Å²) >= 11 is 0. The number of hydrogen-bond acceptors (Lipinski definition) is 2. The molecule has 0 saturated heterocycles. The van der Waals surface area contributed by atoms with Crippen LogP contribution in [0, 0.1) is 11.6 Å². The topological polar surface area (TPSA) is 51.1 Å². The molecule has 1 aromatic carbocycles. The maximum atomic E-state index is 13.6. The highest BCUT2D eigenvalue weighted by Crippen LogP contribution is 2.20. The van der Waals surface area contributed by atoms with E-state index in [2.05, 4.69) is 5.32 Å². The first kappa shape index (κ1) is 17.6. The number of carbonyl (C=O) groups is 1. The summed E-state index contributed by atoms with van der Waals surface area (Å²) in [4.78, 5) is 25.4. The molecule has 1 aromatic heterocycles. The van der Waals surface area contributed by atoms with E-state index in [9.17, 15) is 18.4 Å². The summed E-state index contributed by atoms with van der Waals surface area (Å²) in [6, 6.07) is 3.46. The van der Waals surface area contributed by atoms with Gasteiger partial charge in [0.05, 0.1) is 5.39 Å². The van der Waals surface area contributed by atoms with Crippen LogP contribution in [0.15, 0.2) is 23.0 Å². The zero-order valence-electron chi connectivity index (χ0n) is 14.3. The predicted molar refractivity (Wildman–Crippen MR) is 92.8 cm³/mol. The van der Waals surface area contributed by atoms with Gasteiger partial charge in [-0.1, -0.05) is 26.2 Å². The lowest BCUT2D eigenvalue weighted by Crippen LogP contribution is -2.39. The number of benzene rings is 1. The minimum Gasteiger partial charge on any atom is -0.348 e. The number of nitrogens with zero attached hydrogens (tertiary/aromatic N) is 1. The number of halogens is 2. The molecule has 25 heavy (non-hydrogen) atoms. The van der Waals surface area contributed by atoms with Crippen molar-refractivity contribution in [3.63, 3.8) is 0 Å². The predicted octanol–water partition coefficient (Wildman–Crippen LogP) is 3.75. The van der Waals surface area contributed by atoms with Crippen LogP contribution in [0.4, 0.5) is 8.78 Å². The van der Waals surface area contributed by atoms with Crippen LogP contribution >= 0.6 is 0 Å². The third-order valence-electron chi connectivity index (χ3n) is 4.77. The number of carbonyl (C=O) groups excluding carboxylic acids is 1. The van der Waals surface area contributed by atoms with Crippen LogP contribution < -0.4 is 10.9 Å². The van der Waals surface area contributed by atoms with Gasteiger partial charge in [0.2, 0.25) is 0 Å². The molecule has 0 spiro atoms. The smallest absolute Gasteiger partial charge is 0.268 e. The third kappa shape index (κ3) is 3.57. The van der Waals surface area contributed by atoms with Gasteiger partial charge in [-0.2, -0.15) is 0 Å². The van der Waals surface area contributed by atoms with Crippen molar-refractivity contribution in [2.45, 2.75) is 58.0 Å². The van der Waals surface area contributed by atoms with E-state index in [0.29, 0.717) is 13.0 Å². The van der Waals surface area contributed by atoms with E-state index in [0.717, 1.165) is 37.8 Å². The fourth-order valence-electron chi connectivity index (χ4n) is 3.49. The van der Waals surface area contributed by atoms with Crippen molar-refractivity contribution in [1.29, 1.82) is 0 Å². The molecule has 1 N–H and O–H groups in total. The highest BCUT2D eigenvalue weighted by Gasteiger charge is 2.21.